The zero-order chi connectivity index (χ0) is 10.7. The third-order valence-electron chi connectivity index (χ3n) is 1.99. The summed E-state index contributed by atoms with van der Waals surface area (Å²) >= 11 is 5.62. The molecule has 0 aromatic carbocycles. The van der Waals surface area contributed by atoms with Crippen LogP contribution in [0.3, 0.4) is 0 Å². The van der Waals surface area contributed by atoms with E-state index in [9.17, 15) is 0 Å². The molecule has 2 heterocycles. The van der Waals surface area contributed by atoms with E-state index < -0.39 is 0 Å². The van der Waals surface area contributed by atoms with Gasteiger partial charge in [-0.3, -0.25) is 0 Å². The van der Waals surface area contributed by atoms with Gasteiger partial charge in [-0.1, -0.05) is 11.6 Å². The zero-order valence-corrected chi connectivity index (χ0v) is 8.91. The molecule has 2 aromatic heterocycles. The van der Waals surface area contributed by atoms with E-state index in [4.69, 9.17) is 11.6 Å². The van der Waals surface area contributed by atoms with E-state index in [-0.39, 0.29) is 0 Å². The Morgan fingerprint density at radius 2 is 2.20 bits per heavy atom. The quantitative estimate of drug-likeness (QED) is 0.833. The van der Waals surface area contributed by atoms with E-state index in [1.54, 1.807) is 12.5 Å². The molecule has 5 nitrogen and oxygen atoms in total. The normalized spacial score (nSPS) is 10.3. The monoisotopic (exact) mass is 223 g/mol. The van der Waals surface area contributed by atoms with E-state index in [0.29, 0.717) is 17.5 Å². The number of rotatable bonds is 3. The molecule has 0 aliphatic carbocycles. The van der Waals surface area contributed by atoms with Crippen molar-refractivity contribution in [1.82, 2.24) is 19.9 Å². The Kier molecular flexibility index (Phi) is 2.82. The standard InChI is InChI=1S/C9H10ClN5/c1-6-7(15-5-14-6)2-12-9-4-11-8(10)3-13-9/h3-5H,2H2,1H3,(H,12,13)(H,14,15). The summed E-state index contributed by atoms with van der Waals surface area (Å²) in [4.78, 5) is 15.1. The first kappa shape index (κ1) is 9.92. The molecule has 0 unspecified atom stereocenters. The zero-order valence-electron chi connectivity index (χ0n) is 8.16. The van der Waals surface area contributed by atoms with Gasteiger partial charge in [0.2, 0.25) is 0 Å². The largest absolute Gasteiger partial charge is 0.363 e. The Balaban J connectivity index is 1.99. The minimum atomic E-state index is 0.386. The predicted molar refractivity (Wildman–Crippen MR) is 57.7 cm³/mol. The van der Waals surface area contributed by atoms with Crippen LogP contribution in [-0.4, -0.2) is 19.9 Å². The number of aromatic amines is 1. The highest BCUT2D eigenvalue weighted by Crippen LogP contribution is 2.07. The van der Waals surface area contributed by atoms with Crippen molar-refractivity contribution in [1.29, 1.82) is 0 Å². The van der Waals surface area contributed by atoms with Crippen LogP contribution in [0.25, 0.3) is 0 Å². The number of aromatic nitrogens is 4. The minimum absolute atomic E-state index is 0.386. The maximum absolute atomic E-state index is 5.62. The summed E-state index contributed by atoms with van der Waals surface area (Å²) in [5.41, 5.74) is 2.01. The lowest BCUT2D eigenvalue weighted by molar-refractivity contribution is 1.02. The summed E-state index contributed by atoms with van der Waals surface area (Å²) in [6.45, 7) is 2.59. The Morgan fingerprint density at radius 3 is 2.80 bits per heavy atom. The minimum Gasteiger partial charge on any atom is -0.363 e. The Labute approximate surface area is 91.9 Å². The SMILES string of the molecule is Cc1[nH]cnc1CNc1cnc(Cl)cn1. The second-order valence-corrected chi connectivity index (χ2v) is 3.44. The van der Waals surface area contributed by atoms with Crippen LogP contribution in [0.15, 0.2) is 18.7 Å². The maximum atomic E-state index is 5.62. The fourth-order valence-electron chi connectivity index (χ4n) is 1.14. The van der Waals surface area contributed by atoms with Gasteiger partial charge in [0.1, 0.15) is 11.0 Å². The molecule has 0 saturated carbocycles. The molecule has 0 aliphatic heterocycles. The molecule has 2 N–H and O–H groups in total. The van der Waals surface area contributed by atoms with Gasteiger partial charge in [-0.15, -0.1) is 0 Å². The van der Waals surface area contributed by atoms with Crippen LogP contribution in [-0.2, 0) is 6.54 Å². The molecule has 0 spiro atoms. The van der Waals surface area contributed by atoms with Gasteiger partial charge in [-0.2, -0.15) is 0 Å². The fourth-order valence-corrected chi connectivity index (χ4v) is 1.24. The van der Waals surface area contributed by atoms with Crippen molar-refractivity contribution in [3.63, 3.8) is 0 Å². The lowest BCUT2D eigenvalue weighted by Crippen LogP contribution is -2.03. The van der Waals surface area contributed by atoms with Gasteiger partial charge in [0, 0.05) is 5.69 Å². The van der Waals surface area contributed by atoms with Crippen molar-refractivity contribution >= 4 is 17.4 Å². The number of imidazole rings is 1. The van der Waals surface area contributed by atoms with Crippen molar-refractivity contribution in [2.75, 3.05) is 5.32 Å². The first-order chi connectivity index (χ1) is 7.25. The van der Waals surface area contributed by atoms with Crippen molar-refractivity contribution in [2.45, 2.75) is 13.5 Å². The second-order valence-electron chi connectivity index (χ2n) is 3.05. The average molecular weight is 224 g/mol. The molecule has 0 aliphatic rings. The molecular formula is C9H10ClN5. The van der Waals surface area contributed by atoms with Crippen LogP contribution < -0.4 is 5.32 Å². The van der Waals surface area contributed by atoms with Crippen molar-refractivity contribution in [2.24, 2.45) is 0 Å². The lowest BCUT2D eigenvalue weighted by atomic mass is 10.3. The highest BCUT2D eigenvalue weighted by molar-refractivity contribution is 6.29. The van der Waals surface area contributed by atoms with Crippen molar-refractivity contribution < 1.29 is 0 Å². The summed E-state index contributed by atoms with van der Waals surface area (Å²) in [5.74, 6) is 0.682. The van der Waals surface area contributed by atoms with E-state index in [1.807, 2.05) is 6.92 Å². The number of nitrogens with zero attached hydrogens (tertiary/aromatic N) is 3. The van der Waals surface area contributed by atoms with Crippen LogP contribution in [0.4, 0.5) is 5.82 Å². The molecule has 15 heavy (non-hydrogen) atoms. The predicted octanol–water partition coefficient (Wildman–Crippen LogP) is 1.77. The van der Waals surface area contributed by atoms with Gasteiger partial charge in [-0.05, 0) is 6.92 Å². The molecule has 0 fully saturated rings. The van der Waals surface area contributed by atoms with Gasteiger partial charge < -0.3 is 10.3 Å². The van der Waals surface area contributed by atoms with Crippen LogP contribution in [0.2, 0.25) is 5.15 Å². The third-order valence-corrected chi connectivity index (χ3v) is 2.19. The molecule has 0 saturated heterocycles. The summed E-state index contributed by atoms with van der Waals surface area (Å²) in [5, 5.41) is 3.49. The van der Waals surface area contributed by atoms with E-state index in [2.05, 4.69) is 25.3 Å². The Morgan fingerprint density at radius 1 is 1.33 bits per heavy atom. The molecule has 0 atom stereocenters. The van der Waals surface area contributed by atoms with Crippen LogP contribution >= 0.6 is 11.6 Å². The number of halogens is 1. The van der Waals surface area contributed by atoms with Crippen LogP contribution in [0, 0.1) is 6.92 Å². The highest BCUT2D eigenvalue weighted by Gasteiger charge is 2.01. The summed E-state index contributed by atoms with van der Waals surface area (Å²) in [7, 11) is 0. The highest BCUT2D eigenvalue weighted by atomic mass is 35.5. The smallest absolute Gasteiger partial charge is 0.147 e. The first-order valence-electron chi connectivity index (χ1n) is 4.46. The van der Waals surface area contributed by atoms with Gasteiger partial charge in [0.25, 0.3) is 0 Å². The molecule has 78 valence electrons. The summed E-state index contributed by atoms with van der Waals surface area (Å²) in [6.07, 6.45) is 4.76. The molecule has 0 radical (unpaired) electrons. The topological polar surface area (TPSA) is 66.5 Å². The van der Waals surface area contributed by atoms with E-state index in [1.165, 1.54) is 6.20 Å². The third kappa shape index (κ3) is 2.44. The number of aryl methyl sites for hydroxylation is 1. The number of anilines is 1. The van der Waals surface area contributed by atoms with Crippen molar-refractivity contribution in [3.05, 3.63) is 35.3 Å². The Bertz CT molecular complexity index is 436. The average Bonchev–Trinajstić information content (AvgIpc) is 2.63. The summed E-state index contributed by atoms with van der Waals surface area (Å²) in [6, 6.07) is 0. The molecule has 2 aromatic rings. The molecule has 0 bridgehead atoms. The van der Waals surface area contributed by atoms with Crippen molar-refractivity contribution in [3.8, 4) is 0 Å². The van der Waals surface area contributed by atoms with E-state index in [0.717, 1.165) is 11.4 Å². The first-order valence-corrected chi connectivity index (χ1v) is 4.84. The lowest BCUT2D eigenvalue weighted by Gasteiger charge is -2.03. The fraction of sp³-hybridized carbons (Fsp3) is 0.222. The Hall–Kier alpha value is -1.62. The van der Waals surface area contributed by atoms with Gasteiger partial charge in [-0.25, -0.2) is 15.0 Å². The number of hydrogen-bond acceptors (Lipinski definition) is 4. The van der Waals surface area contributed by atoms with Gasteiger partial charge in [0.15, 0.2) is 0 Å². The molecule has 0 amide bonds. The number of nitrogens with one attached hydrogen (secondary N) is 2. The number of H-pyrrole nitrogens is 1. The maximum Gasteiger partial charge on any atom is 0.147 e. The number of hydrogen-bond donors (Lipinski definition) is 2. The molecule has 6 heteroatoms. The van der Waals surface area contributed by atoms with Crippen LogP contribution in [0.1, 0.15) is 11.4 Å². The summed E-state index contributed by atoms with van der Waals surface area (Å²) < 4.78 is 0. The molecule has 2 rings (SSSR count). The second kappa shape index (κ2) is 4.27. The molecular weight excluding hydrogens is 214 g/mol. The van der Waals surface area contributed by atoms with E-state index >= 15 is 0 Å². The van der Waals surface area contributed by atoms with Gasteiger partial charge in [0.05, 0.1) is 31.0 Å². The van der Waals surface area contributed by atoms with Crippen LogP contribution in [0.5, 0.6) is 0 Å². The van der Waals surface area contributed by atoms with Gasteiger partial charge >= 0.3 is 0 Å².